The average molecular weight is 448 g/mol. The SMILES string of the molecule is COC1(OC)C2(Cl)C(Cl)=C(Cl)C1(Cl)C1C(=O)C(c3ccccc3)=CC(=O)C12. The zero-order valence-electron chi connectivity index (χ0n) is 14.3. The summed E-state index contributed by atoms with van der Waals surface area (Å²) in [4.78, 5) is 23.1. The van der Waals surface area contributed by atoms with Crippen LogP contribution in [0.3, 0.4) is 0 Å². The van der Waals surface area contributed by atoms with E-state index >= 15 is 0 Å². The Morgan fingerprint density at radius 3 is 1.93 bits per heavy atom. The number of Topliss-reactive ketones (excluding diaryl/α,β-unsaturated/α-hetero) is 1. The third-order valence-electron chi connectivity index (χ3n) is 5.78. The Bertz CT molecular complexity index is 921. The third-order valence-corrected chi connectivity index (χ3v) is 8.39. The van der Waals surface area contributed by atoms with Gasteiger partial charge in [-0.1, -0.05) is 53.5 Å². The summed E-state index contributed by atoms with van der Waals surface area (Å²) in [6.45, 7) is 0. The number of ketones is 2. The van der Waals surface area contributed by atoms with Gasteiger partial charge < -0.3 is 9.47 Å². The second-order valence-corrected chi connectivity index (χ2v) is 8.67. The smallest absolute Gasteiger partial charge is 0.218 e. The molecule has 142 valence electrons. The molecule has 4 nitrogen and oxygen atoms in total. The molecule has 0 spiro atoms. The van der Waals surface area contributed by atoms with Gasteiger partial charge >= 0.3 is 0 Å². The fourth-order valence-corrected chi connectivity index (χ4v) is 6.88. The monoisotopic (exact) mass is 446 g/mol. The number of hydrogen-bond donors (Lipinski definition) is 0. The summed E-state index contributed by atoms with van der Waals surface area (Å²) >= 11 is 26.7. The van der Waals surface area contributed by atoms with E-state index in [0.29, 0.717) is 5.56 Å². The molecule has 0 radical (unpaired) electrons. The quantitative estimate of drug-likeness (QED) is 0.516. The van der Waals surface area contributed by atoms with Crippen LogP contribution < -0.4 is 0 Å². The van der Waals surface area contributed by atoms with Crippen molar-refractivity contribution in [3.63, 3.8) is 0 Å². The van der Waals surface area contributed by atoms with Crippen LogP contribution in [0.2, 0.25) is 0 Å². The van der Waals surface area contributed by atoms with Gasteiger partial charge in [0, 0.05) is 19.8 Å². The fraction of sp³-hybridized carbons (Fsp3) is 0.368. The van der Waals surface area contributed by atoms with E-state index in [0.717, 1.165) is 0 Å². The molecule has 27 heavy (non-hydrogen) atoms. The van der Waals surface area contributed by atoms with Crippen molar-refractivity contribution in [1.29, 1.82) is 0 Å². The Hall–Kier alpha value is -0.880. The van der Waals surface area contributed by atoms with Crippen LogP contribution in [0.4, 0.5) is 0 Å². The number of methoxy groups -OCH3 is 2. The molecular formula is C19H14Cl4O4. The predicted octanol–water partition coefficient (Wildman–Crippen LogP) is 4.11. The highest BCUT2D eigenvalue weighted by molar-refractivity contribution is 6.54. The minimum Gasteiger partial charge on any atom is -0.350 e. The molecule has 1 aromatic carbocycles. The summed E-state index contributed by atoms with van der Waals surface area (Å²) in [6, 6.07) is 8.85. The lowest BCUT2D eigenvalue weighted by Gasteiger charge is -2.41. The minimum absolute atomic E-state index is 0.0384. The molecular weight excluding hydrogens is 434 g/mol. The van der Waals surface area contributed by atoms with Gasteiger partial charge in [0.25, 0.3) is 0 Å². The van der Waals surface area contributed by atoms with E-state index in [1.165, 1.54) is 20.3 Å². The van der Waals surface area contributed by atoms with E-state index in [2.05, 4.69) is 0 Å². The Kier molecular flexibility index (Phi) is 4.36. The van der Waals surface area contributed by atoms with E-state index in [-0.39, 0.29) is 27.2 Å². The molecule has 4 atom stereocenters. The molecule has 2 bridgehead atoms. The highest BCUT2D eigenvalue weighted by Crippen LogP contribution is 2.75. The van der Waals surface area contributed by atoms with E-state index in [1.54, 1.807) is 24.3 Å². The zero-order chi connectivity index (χ0) is 19.8. The molecule has 1 fully saturated rings. The van der Waals surface area contributed by atoms with Gasteiger partial charge in [0.2, 0.25) is 5.79 Å². The first-order valence-corrected chi connectivity index (χ1v) is 9.63. The molecule has 3 aliphatic rings. The molecule has 1 saturated carbocycles. The maximum Gasteiger partial charge on any atom is 0.218 e. The second kappa shape index (κ2) is 6.06. The number of benzene rings is 1. The molecule has 3 aliphatic carbocycles. The van der Waals surface area contributed by atoms with E-state index in [9.17, 15) is 9.59 Å². The van der Waals surface area contributed by atoms with Gasteiger partial charge in [0.1, 0.15) is 9.75 Å². The van der Waals surface area contributed by atoms with Gasteiger partial charge in [0.05, 0.1) is 21.9 Å². The predicted molar refractivity (Wildman–Crippen MR) is 104 cm³/mol. The van der Waals surface area contributed by atoms with Crippen molar-refractivity contribution in [2.75, 3.05) is 14.2 Å². The number of fused-ring (bicyclic) bond motifs is 5. The number of alkyl halides is 2. The number of carbonyl (C=O) groups is 2. The fourth-order valence-electron chi connectivity index (χ4n) is 4.70. The standard InChI is InChI=1S/C19H14Cl4O4/c1-26-19(27-2)17(22)12-11(24)8-10(9-6-4-3-5-7-9)14(25)13(12)18(19,23)16(21)15(17)20/h3-8,12-13H,1-2H3. The Morgan fingerprint density at radius 1 is 0.889 bits per heavy atom. The highest BCUT2D eigenvalue weighted by atomic mass is 35.5. The normalized spacial score (nSPS) is 36.9. The van der Waals surface area contributed by atoms with Crippen molar-refractivity contribution in [1.82, 2.24) is 0 Å². The van der Waals surface area contributed by atoms with Gasteiger partial charge in [0.15, 0.2) is 11.6 Å². The van der Waals surface area contributed by atoms with Crippen LogP contribution >= 0.6 is 46.4 Å². The first-order valence-electron chi connectivity index (χ1n) is 8.11. The summed E-state index contributed by atoms with van der Waals surface area (Å²) in [5.74, 6) is -4.66. The van der Waals surface area contributed by atoms with Gasteiger partial charge in [-0.25, -0.2) is 0 Å². The second-order valence-electron chi connectivity index (χ2n) is 6.72. The molecule has 8 heteroatoms. The molecule has 0 N–H and O–H groups in total. The van der Waals surface area contributed by atoms with E-state index < -0.39 is 27.4 Å². The molecule has 1 aromatic rings. The largest absolute Gasteiger partial charge is 0.350 e. The number of allylic oxidation sites excluding steroid dienone is 2. The molecule has 4 rings (SSSR count). The lowest BCUT2D eigenvalue weighted by atomic mass is 9.70. The third kappa shape index (κ3) is 1.94. The van der Waals surface area contributed by atoms with Gasteiger partial charge in [-0.2, -0.15) is 0 Å². The number of halogens is 4. The first-order chi connectivity index (χ1) is 12.7. The van der Waals surface area contributed by atoms with Crippen LogP contribution in [0.1, 0.15) is 5.56 Å². The van der Waals surface area contributed by atoms with Crippen LogP contribution in [0.5, 0.6) is 0 Å². The maximum atomic E-state index is 13.5. The van der Waals surface area contributed by atoms with Crippen LogP contribution in [0, 0.1) is 11.8 Å². The molecule has 0 aliphatic heterocycles. The molecule has 0 heterocycles. The zero-order valence-corrected chi connectivity index (χ0v) is 17.3. The summed E-state index contributed by atoms with van der Waals surface area (Å²) in [5.41, 5.74) is 0.851. The topological polar surface area (TPSA) is 52.6 Å². The van der Waals surface area contributed by atoms with Crippen molar-refractivity contribution in [2.45, 2.75) is 15.5 Å². The van der Waals surface area contributed by atoms with Crippen molar-refractivity contribution in [3.05, 3.63) is 52.0 Å². The first kappa shape index (κ1) is 19.4. The number of carbonyl (C=O) groups excluding carboxylic acids is 2. The summed E-state index contributed by atoms with van der Waals surface area (Å²) in [7, 11) is 2.66. The van der Waals surface area contributed by atoms with Crippen molar-refractivity contribution in [3.8, 4) is 0 Å². The Morgan fingerprint density at radius 2 is 1.41 bits per heavy atom. The lowest BCUT2D eigenvalue weighted by Crippen LogP contribution is -2.58. The van der Waals surface area contributed by atoms with E-state index in [4.69, 9.17) is 55.9 Å². The Balaban J connectivity index is 1.98. The highest BCUT2D eigenvalue weighted by Gasteiger charge is 2.87. The lowest BCUT2D eigenvalue weighted by molar-refractivity contribution is -0.220. The summed E-state index contributed by atoms with van der Waals surface area (Å²) in [5, 5.41) is -0.0789. The van der Waals surface area contributed by atoms with Crippen molar-refractivity contribution < 1.29 is 19.1 Å². The maximum absolute atomic E-state index is 13.5. The van der Waals surface area contributed by atoms with Crippen LogP contribution in [-0.4, -0.2) is 41.3 Å². The van der Waals surface area contributed by atoms with Crippen molar-refractivity contribution in [2.24, 2.45) is 11.8 Å². The van der Waals surface area contributed by atoms with Crippen LogP contribution in [0.25, 0.3) is 5.57 Å². The van der Waals surface area contributed by atoms with Crippen molar-refractivity contribution >= 4 is 63.5 Å². The summed E-state index contributed by atoms with van der Waals surface area (Å²) in [6.07, 6.45) is 1.29. The minimum atomic E-state index is -1.78. The van der Waals surface area contributed by atoms with Gasteiger partial charge in [-0.05, 0) is 11.6 Å². The number of rotatable bonds is 3. The number of hydrogen-bond acceptors (Lipinski definition) is 4. The summed E-state index contributed by atoms with van der Waals surface area (Å²) < 4.78 is 11.2. The van der Waals surface area contributed by atoms with Crippen LogP contribution in [-0.2, 0) is 19.1 Å². The molecule has 0 saturated heterocycles. The average Bonchev–Trinajstić information content (AvgIpc) is 2.94. The molecule has 0 aromatic heterocycles. The Labute approximate surface area is 176 Å². The molecule has 0 amide bonds. The van der Waals surface area contributed by atoms with Gasteiger partial charge in [-0.3, -0.25) is 9.59 Å². The van der Waals surface area contributed by atoms with Crippen LogP contribution in [0.15, 0.2) is 46.5 Å². The van der Waals surface area contributed by atoms with E-state index in [1.807, 2.05) is 6.07 Å². The molecule has 4 unspecified atom stereocenters. The number of ether oxygens (including phenoxy) is 2. The van der Waals surface area contributed by atoms with Gasteiger partial charge in [-0.15, -0.1) is 23.2 Å².